The topological polar surface area (TPSA) is 58.4 Å². The highest BCUT2D eigenvalue weighted by molar-refractivity contribution is 5.99. The minimum atomic E-state index is -0.443. The lowest BCUT2D eigenvalue weighted by atomic mass is 9.88. The molecular formula is C33H35FN4O2. The molecule has 4 aromatic rings. The molecule has 0 spiro atoms. The number of rotatable bonds is 5. The molecule has 0 radical (unpaired) electrons. The Kier molecular flexibility index (Phi) is 6.90. The largest absolute Gasteiger partial charge is 0.342 e. The number of likely N-dealkylation sites (tertiary alicyclic amines) is 1. The number of halogens is 1. The molecule has 7 heteroatoms. The van der Waals surface area contributed by atoms with E-state index in [2.05, 4.69) is 35.4 Å². The fraction of sp³-hybridized carbons (Fsp3) is 0.364. The van der Waals surface area contributed by atoms with Crippen LogP contribution < -0.4 is 0 Å². The van der Waals surface area contributed by atoms with Gasteiger partial charge in [0.05, 0.1) is 23.0 Å². The summed E-state index contributed by atoms with van der Waals surface area (Å²) >= 11 is 0. The van der Waals surface area contributed by atoms with Gasteiger partial charge in [-0.3, -0.25) is 14.6 Å². The van der Waals surface area contributed by atoms with E-state index < -0.39 is 5.82 Å². The Morgan fingerprint density at radius 2 is 1.73 bits per heavy atom. The van der Waals surface area contributed by atoms with E-state index in [-0.39, 0.29) is 29.7 Å². The smallest absolute Gasteiger partial charge is 0.256 e. The minimum Gasteiger partial charge on any atom is -0.342 e. The third-order valence-corrected chi connectivity index (χ3v) is 8.83. The van der Waals surface area contributed by atoms with Gasteiger partial charge >= 0.3 is 0 Å². The van der Waals surface area contributed by atoms with Crippen LogP contribution >= 0.6 is 0 Å². The zero-order chi connectivity index (χ0) is 28.0. The number of fused-ring (bicyclic) bond motifs is 2. The Hall–Kier alpha value is -4.00. The van der Waals surface area contributed by atoms with Crippen molar-refractivity contribution in [2.75, 3.05) is 20.1 Å². The first-order valence-corrected chi connectivity index (χ1v) is 14.2. The summed E-state index contributed by atoms with van der Waals surface area (Å²) in [5.41, 5.74) is 5.62. The molecule has 2 aromatic carbocycles. The predicted octanol–water partition coefficient (Wildman–Crippen LogP) is 5.77. The first kappa shape index (κ1) is 26.2. The normalized spacial score (nSPS) is 16.1. The highest BCUT2D eigenvalue weighted by atomic mass is 19.1. The number of benzene rings is 2. The van der Waals surface area contributed by atoms with E-state index >= 15 is 0 Å². The van der Waals surface area contributed by atoms with E-state index in [4.69, 9.17) is 0 Å². The van der Waals surface area contributed by atoms with Crippen LogP contribution in [0.5, 0.6) is 0 Å². The minimum absolute atomic E-state index is 0.0199. The van der Waals surface area contributed by atoms with Crippen molar-refractivity contribution in [2.45, 2.75) is 51.5 Å². The van der Waals surface area contributed by atoms with Gasteiger partial charge in [0.15, 0.2) is 0 Å². The Morgan fingerprint density at radius 3 is 2.40 bits per heavy atom. The number of hydrogen-bond donors (Lipinski definition) is 0. The van der Waals surface area contributed by atoms with Crippen LogP contribution in [0.2, 0.25) is 0 Å². The molecule has 2 amide bonds. The van der Waals surface area contributed by atoms with Gasteiger partial charge in [0.1, 0.15) is 5.82 Å². The second-order valence-electron chi connectivity index (χ2n) is 11.5. The second-order valence-corrected chi connectivity index (χ2v) is 11.5. The number of aromatic nitrogens is 2. The fourth-order valence-electron chi connectivity index (χ4n) is 6.34. The summed E-state index contributed by atoms with van der Waals surface area (Å²) in [7, 11) is 1.74. The number of carbonyl (C=O) groups excluding carboxylic acids is 2. The number of nitrogens with zero attached hydrogens (tertiary/aromatic N) is 4. The van der Waals surface area contributed by atoms with Gasteiger partial charge in [-0.1, -0.05) is 24.3 Å². The van der Waals surface area contributed by atoms with Gasteiger partial charge in [0.25, 0.3) is 5.91 Å². The average Bonchev–Trinajstić information content (AvgIpc) is 3.58. The molecule has 1 aliphatic heterocycles. The van der Waals surface area contributed by atoms with E-state index in [1.54, 1.807) is 30.4 Å². The maximum atomic E-state index is 14.4. The van der Waals surface area contributed by atoms with E-state index in [1.807, 2.05) is 29.4 Å². The molecule has 1 aliphatic carbocycles. The van der Waals surface area contributed by atoms with Crippen molar-refractivity contribution < 1.29 is 14.0 Å². The van der Waals surface area contributed by atoms with Crippen LogP contribution in [0.25, 0.3) is 16.6 Å². The zero-order valence-corrected chi connectivity index (χ0v) is 23.3. The van der Waals surface area contributed by atoms with Crippen molar-refractivity contribution >= 4 is 22.7 Å². The highest BCUT2D eigenvalue weighted by Gasteiger charge is 2.33. The molecule has 2 aromatic heterocycles. The van der Waals surface area contributed by atoms with Gasteiger partial charge in [0, 0.05) is 49.9 Å². The SMILES string of the molecule is CC(C)N(C)C(=O)c1cc(F)ccc1-n1cc(C2CCN(C(=O)C3Cc4ccccc4C3)CC2)c2ccncc21. The number of carbonyl (C=O) groups is 2. The van der Waals surface area contributed by atoms with Gasteiger partial charge in [-0.2, -0.15) is 0 Å². The molecule has 0 N–H and O–H groups in total. The number of hydrogen-bond acceptors (Lipinski definition) is 3. The van der Waals surface area contributed by atoms with Gasteiger partial charge in [-0.25, -0.2) is 4.39 Å². The molecule has 6 nitrogen and oxygen atoms in total. The van der Waals surface area contributed by atoms with Crippen molar-refractivity contribution in [3.63, 3.8) is 0 Å². The van der Waals surface area contributed by atoms with Crippen LogP contribution in [0.3, 0.4) is 0 Å². The van der Waals surface area contributed by atoms with E-state index in [1.165, 1.54) is 28.8 Å². The summed E-state index contributed by atoms with van der Waals surface area (Å²) in [6, 6.07) is 14.8. The van der Waals surface area contributed by atoms with Gasteiger partial charge in [0.2, 0.25) is 5.91 Å². The summed E-state index contributed by atoms with van der Waals surface area (Å²) in [6.45, 7) is 5.33. The molecule has 0 unspecified atom stereocenters. The fourth-order valence-corrected chi connectivity index (χ4v) is 6.34. The molecule has 40 heavy (non-hydrogen) atoms. The third kappa shape index (κ3) is 4.67. The van der Waals surface area contributed by atoms with Crippen LogP contribution in [0.15, 0.2) is 67.1 Å². The molecule has 0 saturated carbocycles. The van der Waals surface area contributed by atoms with Crippen LogP contribution in [-0.4, -0.2) is 57.3 Å². The van der Waals surface area contributed by atoms with Crippen molar-refractivity contribution in [3.05, 3.63) is 95.2 Å². The maximum absolute atomic E-state index is 14.4. The monoisotopic (exact) mass is 538 g/mol. The quantitative estimate of drug-likeness (QED) is 0.324. The molecule has 3 heterocycles. The van der Waals surface area contributed by atoms with Crippen molar-refractivity contribution in [3.8, 4) is 5.69 Å². The molecular weight excluding hydrogens is 503 g/mol. The molecule has 2 aliphatic rings. The highest BCUT2D eigenvalue weighted by Crippen LogP contribution is 2.37. The average molecular weight is 539 g/mol. The standard InChI is InChI=1S/C33H35FN4O2/c1-21(2)36(3)33(40)28-18-26(34)8-9-30(28)38-20-29(27-10-13-35-19-31(27)38)22-11-14-37(15-12-22)32(39)25-16-23-6-4-5-7-24(23)17-25/h4-10,13,18-22,25H,11-12,14-17H2,1-3H3. The third-order valence-electron chi connectivity index (χ3n) is 8.83. The molecule has 1 saturated heterocycles. The van der Waals surface area contributed by atoms with Crippen LogP contribution in [0.1, 0.15) is 59.7 Å². The van der Waals surface area contributed by atoms with Crippen LogP contribution in [0.4, 0.5) is 4.39 Å². The summed E-state index contributed by atoms with van der Waals surface area (Å²) in [5.74, 6) is -0.0848. The van der Waals surface area contributed by atoms with Crippen LogP contribution in [0, 0.1) is 11.7 Å². The van der Waals surface area contributed by atoms with E-state index in [0.29, 0.717) is 11.3 Å². The van der Waals surface area contributed by atoms with E-state index in [0.717, 1.165) is 49.7 Å². The number of amides is 2. The van der Waals surface area contributed by atoms with Crippen molar-refractivity contribution in [1.29, 1.82) is 0 Å². The predicted molar refractivity (Wildman–Crippen MR) is 154 cm³/mol. The number of pyridine rings is 1. The summed E-state index contributed by atoms with van der Waals surface area (Å²) in [4.78, 5) is 34.8. The van der Waals surface area contributed by atoms with Crippen molar-refractivity contribution in [2.24, 2.45) is 5.92 Å². The van der Waals surface area contributed by atoms with E-state index in [9.17, 15) is 14.0 Å². The lowest BCUT2D eigenvalue weighted by Crippen LogP contribution is -2.41. The molecule has 206 valence electrons. The summed E-state index contributed by atoms with van der Waals surface area (Å²) in [5, 5.41) is 1.07. The molecule has 6 rings (SSSR count). The molecule has 1 fully saturated rings. The lowest BCUT2D eigenvalue weighted by Gasteiger charge is -2.33. The summed E-state index contributed by atoms with van der Waals surface area (Å²) < 4.78 is 16.3. The Bertz CT molecular complexity index is 1560. The molecule has 0 bridgehead atoms. The first-order valence-electron chi connectivity index (χ1n) is 14.2. The Morgan fingerprint density at radius 1 is 1.02 bits per heavy atom. The summed E-state index contributed by atoms with van der Waals surface area (Å²) in [6.07, 6.45) is 9.09. The maximum Gasteiger partial charge on any atom is 0.256 e. The van der Waals surface area contributed by atoms with Gasteiger partial charge in [-0.05, 0) is 86.4 Å². The zero-order valence-electron chi connectivity index (χ0n) is 23.3. The van der Waals surface area contributed by atoms with Gasteiger partial charge in [-0.15, -0.1) is 0 Å². The Balaban J connectivity index is 1.26. The number of piperidine rings is 1. The Labute approximate surface area is 234 Å². The second kappa shape index (κ2) is 10.5. The first-order chi connectivity index (χ1) is 19.3. The van der Waals surface area contributed by atoms with Gasteiger partial charge < -0.3 is 14.4 Å². The van der Waals surface area contributed by atoms with Crippen LogP contribution in [-0.2, 0) is 17.6 Å². The lowest BCUT2D eigenvalue weighted by molar-refractivity contribution is -0.136. The van der Waals surface area contributed by atoms with Crippen molar-refractivity contribution in [1.82, 2.24) is 19.4 Å². The molecule has 0 atom stereocenters.